The molecule has 0 aliphatic heterocycles. The zero-order valence-electron chi connectivity index (χ0n) is 8.04. The van der Waals surface area contributed by atoms with E-state index in [1.165, 1.54) is 11.3 Å². The molecule has 2 rings (SSSR count). The number of nitrogens with zero attached hydrogens (tertiary/aromatic N) is 3. The monoisotopic (exact) mass is 223 g/mol. The highest BCUT2D eigenvalue weighted by Gasteiger charge is 2.05. The molecule has 0 spiro atoms. The number of aryl methyl sites for hydroxylation is 1. The minimum atomic E-state index is -0.118. The molecule has 0 bridgehead atoms. The van der Waals surface area contributed by atoms with Gasteiger partial charge in [-0.3, -0.25) is 4.98 Å². The zero-order valence-corrected chi connectivity index (χ0v) is 8.86. The highest BCUT2D eigenvalue weighted by Crippen LogP contribution is 2.24. The quantitative estimate of drug-likeness (QED) is 0.854. The van der Waals surface area contributed by atoms with Gasteiger partial charge < -0.3 is 9.84 Å². The van der Waals surface area contributed by atoms with E-state index < -0.39 is 0 Å². The van der Waals surface area contributed by atoms with Gasteiger partial charge in [0.2, 0.25) is 0 Å². The van der Waals surface area contributed by atoms with E-state index in [0.717, 1.165) is 5.69 Å². The molecule has 0 aliphatic carbocycles. The lowest BCUT2D eigenvalue weighted by atomic mass is 10.4. The lowest BCUT2D eigenvalue weighted by Gasteiger charge is -1.99. The van der Waals surface area contributed by atoms with Crippen LogP contribution in [-0.4, -0.2) is 20.3 Å². The molecule has 0 fully saturated rings. The minimum absolute atomic E-state index is 0.118. The van der Waals surface area contributed by atoms with E-state index in [-0.39, 0.29) is 6.61 Å². The average Bonchev–Trinajstić information content (AvgIpc) is 2.69. The van der Waals surface area contributed by atoms with Crippen LogP contribution in [0.3, 0.4) is 0 Å². The average molecular weight is 223 g/mol. The number of rotatable bonds is 3. The van der Waals surface area contributed by atoms with Crippen molar-refractivity contribution in [2.75, 3.05) is 0 Å². The molecule has 2 aromatic heterocycles. The highest BCUT2D eigenvalue weighted by molar-refractivity contribution is 7.13. The Kier molecular flexibility index (Phi) is 2.89. The van der Waals surface area contributed by atoms with E-state index in [1.54, 1.807) is 6.20 Å². The number of hydrogen-bond acceptors (Lipinski definition) is 6. The van der Waals surface area contributed by atoms with Gasteiger partial charge in [0.1, 0.15) is 10.8 Å². The standard InChI is InChI=1S/C9H9N3O2S/c1-6-2-3-7(4-10-6)14-9-12-11-8(5-13)15-9/h2-4,13H,5H2,1H3. The van der Waals surface area contributed by atoms with Crippen LogP contribution in [0.4, 0.5) is 0 Å². The number of hydrogen-bond donors (Lipinski definition) is 1. The van der Waals surface area contributed by atoms with E-state index in [9.17, 15) is 0 Å². The predicted molar refractivity (Wildman–Crippen MR) is 54.9 cm³/mol. The molecule has 0 saturated carbocycles. The van der Waals surface area contributed by atoms with Crippen molar-refractivity contribution in [1.29, 1.82) is 0 Å². The SMILES string of the molecule is Cc1ccc(Oc2nnc(CO)s2)cn1. The molecular formula is C9H9N3O2S. The maximum Gasteiger partial charge on any atom is 0.299 e. The van der Waals surface area contributed by atoms with E-state index in [0.29, 0.717) is 16.0 Å². The summed E-state index contributed by atoms with van der Waals surface area (Å²) < 4.78 is 5.39. The Morgan fingerprint density at radius 2 is 2.27 bits per heavy atom. The molecule has 0 atom stereocenters. The third kappa shape index (κ3) is 2.48. The first kappa shape index (κ1) is 10.0. The van der Waals surface area contributed by atoms with Gasteiger partial charge in [-0.15, -0.1) is 5.10 Å². The van der Waals surface area contributed by atoms with Gasteiger partial charge in [0.25, 0.3) is 5.19 Å². The molecule has 0 aliphatic rings. The van der Waals surface area contributed by atoms with Crippen LogP contribution in [0.2, 0.25) is 0 Å². The van der Waals surface area contributed by atoms with Crippen LogP contribution >= 0.6 is 11.3 Å². The summed E-state index contributed by atoms with van der Waals surface area (Å²) in [6.07, 6.45) is 1.62. The first-order chi connectivity index (χ1) is 7.28. The van der Waals surface area contributed by atoms with E-state index in [4.69, 9.17) is 9.84 Å². The summed E-state index contributed by atoms with van der Waals surface area (Å²) in [5.74, 6) is 0.612. The van der Waals surface area contributed by atoms with Crippen molar-refractivity contribution in [3.63, 3.8) is 0 Å². The van der Waals surface area contributed by atoms with Crippen LogP contribution in [0.15, 0.2) is 18.3 Å². The van der Waals surface area contributed by atoms with E-state index in [2.05, 4.69) is 15.2 Å². The molecule has 15 heavy (non-hydrogen) atoms. The van der Waals surface area contributed by atoms with E-state index >= 15 is 0 Å². The number of aliphatic hydroxyl groups excluding tert-OH is 1. The van der Waals surface area contributed by atoms with Gasteiger partial charge in [-0.25, -0.2) is 0 Å². The van der Waals surface area contributed by atoms with Crippen LogP contribution in [0.25, 0.3) is 0 Å². The summed E-state index contributed by atoms with van der Waals surface area (Å²) in [6, 6.07) is 3.66. The van der Waals surface area contributed by atoms with Crippen molar-refractivity contribution in [2.24, 2.45) is 0 Å². The second-order valence-corrected chi connectivity index (χ2v) is 3.88. The van der Waals surface area contributed by atoms with Crippen molar-refractivity contribution in [2.45, 2.75) is 13.5 Å². The minimum Gasteiger partial charge on any atom is -0.428 e. The maximum absolute atomic E-state index is 8.79. The molecule has 6 heteroatoms. The number of pyridine rings is 1. The summed E-state index contributed by atoms with van der Waals surface area (Å²) >= 11 is 1.21. The second kappa shape index (κ2) is 4.33. The van der Waals surface area contributed by atoms with Crippen molar-refractivity contribution in [3.8, 4) is 10.9 Å². The summed E-state index contributed by atoms with van der Waals surface area (Å²) in [7, 11) is 0. The van der Waals surface area contributed by atoms with Crippen LogP contribution < -0.4 is 4.74 Å². The molecule has 5 nitrogen and oxygen atoms in total. The molecule has 78 valence electrons. The van der Waals surface area contributed by atoms with Crippen molar-refractivity contribution in [1.82, 2.24) is 15.2 Å². The van der Waals surface area contributed by atoms with Gasteiger partial charge in [-0.1, -0.05) is 16.4 Å². The molecule has 0 amide bonds. The Morgan fingerprint density at radius 3 is 2.87 bits per heavy atom. The fourth-order valence-electron chi connectivity index (χ4n) is 0.959. The number of aromatic nitrogens is 3. The normalized spacial score (nSPS) is 10.3. The van der Waals surface area contributed by atoms with Gasteiger partial charge in [-0.05, 0) is 19.1 Å². The number of ether oxygens (including phenoxy) is 1. The van der Waals surface area contributed by atoms with Crippen molar-refractivity contribution in [3.05, 3.63) is 29.0 Å². The lowest BCUT2D eigenvalue weighted by molar-refractivity contribution is 0.280. The molecule has 1 N–H and O–H groups in total. The molecule has 0 saturated heterocycles. The van der Waals surface area contributed by atoms with Gasteiger partial charge in [0.15, 0.2) is 0 Å². The van der Waals surface area contributed by atoms with Crippen LogP contribution in [0.1, 0.15) is 10.7 Å². The Bertz CT molecular complexity index is 441. The maximum atomic E-state index is 8.79. The molecule has 0 unspecified atom stereocenters. The van der Waals surface area contributed by atoms with Gasteiger partial charge in [-0.2, -0.15) is 0 Å². The van der Waals surface area contributed by atoms with Gasteiger partial charge in [0.05, 0.1) is 12.8 Å². The Morgan fingerprint density at radius 1 is 1.40 bits per heavy atom. The Balaban J connectivity index is 2.11. The summed E-state index contributed by atoms with van der Waals surface area (Å²) in [5.41, 5.74) is 0.927. The molecular weight excluding hydrogens is 214 g/mol. The third-order valence-electron chi connectivity index (χ3n) is 1.67. The molecule has 0 radical (unpaired) electrons. The fraction of sp³-hybridized carbons (Fsp3) is 0.222. The smallest absolute Gasteiger partial charge is 0.299 e. The first-order valence-corrected chi connectivity index (χ1v) is 5.13. The van der Waals surface area contributed by atoms with Crippen LogP contribution in [0.5, 0.6) is 10.9 Å². The highest BCUT2D eigenvalue weighted by atomic mass is 32.1. The van der Waals surface area contributed by atoms with Gasteiger partial charge in [0, 0.05) is 5.69 Å². The van der Waals surface area contributed by atoms with E-state index in [1.807, 2.05) is 19.1 Å². The van der Waals surface area contributed by atoms with Crippen molar-refractivity contribution >= 4 is 11.3 Å². The summed E-state index contributed by atoms with van der Waals surface area (Å²) in [4.78, 5) is 4.08. The molecule has 0 aromatic carbocycles. The number of aliphatic hydroxyl groups is 1. The third-order valence-corrected chi connectivity index (χ3v) is 2.46. The second-order valence-electron chi connectivity index (χ2n) is 2.86. The van der Waals surface area contributed by atoms with Gasteiger partial charge >= 0.3 is 0 Å². The van der Waals surface area contributed by atoms with Crippen LogP contribution in [0, 0.1) is 6.92 Å². The zero-order chi connectivity index (χ0) is 10.7. The fourth-order valence-corrected chi connectivity index (χ4v) is 1.53. The first-order valence-electron chi connectivity index (χ1n) is 4.31. The molecule has 2 aromatic rings. The topological polar surface area (TPSA) is 68.1 Å². The Hall–Kier alpha value is -1.53. The predicted octanol–water partition coefficient (Wildman–Crippen LogP) is 1.53. The Labute approximate surface area is 90.4 Å². The molecule has 2 heterocycles. The van der Waals surface area contributed by atoms with Crippen molar-refractivity contribution < 1.29 is 9.84 Å². The van der Waals surface area contributed by atoms with Crippen LogP contribution in [-0.2, 0) is 6.61 Å². The largest absolute Gasteiger partial charge is 0.428 e. The summed E-state index contributed by atoms with van der Waals surface area (Å²) in [5, 5.41) is 17.2. The lowest BCUT2D eigenvalue weighted by Crippen LogP contribution is -1.85. The summed E-state index contributed by atoms with van der Waals surface area (Å²) in [6.45, 7) is 1.78.